The Balaban J connectivity index is 0.985. The van der Waals surface area contributed by atoms with Crippen LogP contribution in [0.25, 0.3) is 69.4 Å². The molecule has 0 saturated carbocycles. The van der Waals surface area contributed by atoms with Gasteiger partial charge in [-0.05, 0) is 83.8 Å². The van der Waals surface area contributed by atoms with Gasteiger partial charge in [0.1, 0.15) is 0 Å². The highest BCUT2D eigenvalue weighted by Gasteiger charge is 2.17. The zero-order chi connectivity index (χ0) is 29.9. The standard InChI is InChI=1S/C42H28N2S/c1-2-30(10-7-9-27-17-24-41-37(25-27)33-12-4-6-16-40(33)45-41)43-31-21-18-28(19-22-31)29-20-23-39-36(26-29)35-14-8-13-34-32-11-3-5-15-38(32)44(39)42(34)35/h2-8,10-26H,1,9H2/b10-7-,43-30?. The van der Waals surface area contributed by atoms with E-state index < -0.39 is 0 Å². The van der Waals surface area contributed by atoms with Crippen molar-refractivity contribution in [1.29, 1.82) is 0 Å². The van der Waals surface area contributed by atoms with E-state index in [1.54, 1.807) is 0 Å². The predicted octanol–water partition coefficient (Wildman–Crippen LogP) is 11.9. The number of para-hydroxylation sites is 2. The first-order valence-corrected chi connectivity index (χ1v) is 16.1. The van der Waals surface area contributed by atoms with Gasteiger partial charge < -0.3 is 4.40 Å². The first kappa shape index (κ1) is 25.9. The van der Waals surface area contributed by atoms with E-state index >= 15 is 0 Å². The maximum atomic E-state index is 4.87. The molecule has 2 nitrogen and oxygen atoms in total. The molecule has 0 spiro atoms. The predicted molar refractivity (Wildman–Crippen MR) is 196 cm³/mol. The van der Waals surface area contributed by atoms with Crippen LogP contribution in [0, 0.1) is 0 Å². The van der Waals surface area contributed by atoms with Crippen molar-refractivity contribution < 1.29 is 0 Å². The average molecular weight is 593 g/mol. The molecule has 9 rings (SSSR count). The Morgan fingerprint density at radius 1 is 0.622 bits per heavy atom. The molecular weight excluding hydrogens is 565 g/mol. The molecule has 0 saturated heterocycles. The minimum absolute atomic E-state index is 0.845. The number of thiophene rings is 1. The van der Waals surface area contributed by atoms with Crippen molar-refractivity contribution in [2.45, 2.75) is 6.42 Å². The van der Waals surface area contributed by atoms with E-state index in [0.29, 0.717) is 0 Å². The summed E-state index contributed by atoms with van der Waals surface area (Å²) in [5.74, 6) is 0. The SMILES string of the molecule is C=CC(/C=C\Cc1ccc2sc3ccccc3c2c1)=Nc1ccc(-c2ccc3c(c2)c2cccc4c5ccccc5n3c42)cc1. The van der Waals surface area contributed by atoms with Gasteiger partial charge in [0.05, 0.1) is 27.9 Å². The van der Waals surface area contributed by atoms with Crippen molar-refractivity contribution in [2.75, 3.05) is 0 Å². The fourth-order valence-electron chi connectivity index (χ4n) is 6.86. The third kappa shape index (κ3) is 4.20. The first-order chi connectivity index (χ1) is 22.2. The zero-order valence-corrected chi connectivity index (χ0v) is 25.4. The lowest BCUT2D eigenvalue weighted by atomic mass is 10.0. The Hall–Kier alpha value is -5.51. The van der Waals surface area contributed by atoms with Crippen molar-refractivity contribution in [3.8, 4) is 11.1 Å². The normalized spacial score (nSPS) is 12.7. The number of allylic oxidation sites excluding steroid dienone is 3. The van der Waals surface area contributed by atoms with Crippen LogP contribution in [-0.4, -0.2) is 10.1 Å². The van der Waals surface area contributed by atoms with Crippen LogP contribution in [0.3, 0.4) is 0 Å². The molecule has 0 fully saturated rings. The lowest BCUT2D eigenvalue weighted by molar-refractivity contribution is 1.29. The van der Waals surface area contributed by atoms with Gasteiger partial charge in [-0.15, -0.1) is 11.3 Å². The molecule has 0 bridgehead atoms. The second-order valence-corrected chi connectivity index (χ2v) is 12.7. The second-order valence-electron chi connectivity index (χ2n) is 11.6. The first-order valence-electron chi connectivity index (χ1n) is 15.3. The lowest BCUT2D eigenvalue weighted by Gasteiger charge is -2.05. The highest BCUT2D eigenvalue weighted by atomic mass is 32.1. The number of fused-ring (bicyclic) bond motifs is 9. The van der Waals surface area contributed by atoms with E-state index in [-0.39, 0.29) is 0 Å². The zero-order valence-electron chi connectivity index (χ0n) is 24.6. The molecule has 0 aliphatic heterocycles. The number of rotatable bonds is 6. The molecule has 0 atom stereocenters. The largest absolute Gasteiger partial charge is 0.308 e. The second kappa shape index (κ2) is 10.3. The molecule has 6 aromatic carbocycles. The third-order valence-electron chi connectivity index (χ3n) is 8.97. The van der Waals surface area contributed by atoms with Crippen molar-refractivity contribution in [2.24, 2.45) is 4.99 Å². The van der Waals surface area contributed by atoms with Crippen molar-refractivity contribution in [3.63, 3.8) is 0 Å². The summed E-state index contributed by atoms with van der Waals surface area (Å²) in [6, 6.07) is 46.1. The van der Waals surface area contributed by atoms with Gasteiger partial charge in [0.25, 0.3) is 0 Å². The summed E-state index contributed by atoms with van der Waals surface area (Å²) in [4.78, 5) is 4.87. The van der Waals surface area contributed by atoms with Crippen LogP contribution < -0.4 is 0 Å². The van der Waals surface area contributed by atoms with Gasteiger partial charge in [-0.25, -0.2) is 4.99 Å². The van der Waals surface area contributed by atoms with Crippen molar-refractivity contribution in [1.82, 2.24) is 4.40 Å². The number of aliphatic imine (C=N–C) groups is 1. The molecule has 0 N–H and O–H groups in total. The molecule has 3 heteroatoms. The summed E-state index contributed by atoms with van der Waals surface area (Å²) in [5, 5.41) is 7.87. The van der Waals surface area contributed by atoms with Gasteiger partial charge >= 0.3 is 0 Å². The summed E-state index contributed by atoms with van der Waals surface area (Å²) < 4.78 is 5.09. The smallest absolute Gasteiger partial charge is 0.0637 e. The fraction of sp³-hybridized carbons (Fsp3) is 0.0238. The van der Waals surface area contributed by atoms with Crippen LogP contribution >= 0.6 is 11.3 Å². The van der Waals surface area contributed by atoms with Crippen molar-refractivity contribution in [3.05, 3.63) is 158 Å². The Morgan fingerprint density at radius 3 is 2.20 bits per heavy atom. The summed E-state index contributed by atoms with van der Waals surface area (Å²) >= 11 is 1.85. The summed E-state index contributed by atoms with van der Waals surface area (Å²) in [6.45, 7) is 4.01. The van der Waals surface area contributed by atoms with E-state index in [2.05, 4.69) is 151 Å². The Kier molecular flexibility index (Phi) is 5.93. The van der Waals surface area contributed by atoms with E-state index in [4.69, 9.17) is 4.99 Å². The number of hydrogen-bond donors (Lipinski definition) is 0. The lowest BCUT2D eigenvalue weighted by Crippen LogP contribution is -1.88. The minimum Gasteiger partial charge on any atom is -0.308 e. The van der Waals surface area contributed by atoms with E-state index in [1.165, 1.54) is 75.0 Å². The fourth-order valence-corrected chi connectivity index (χ4v) is 7.94. The molecule has 3 heterocycles. The van der Waals surface area contributed by atoms with Crippen LogP contribution in [0.5, 0.6) is 0 Å². The Bertz CT molecular complexity index is 2630. The molecule has 3 aromatic heterocycles. The Labute approximate surface area is 264 Å². The molecule has 9 aromatic rings. The third-order valence-corrected chi connectivity index (χ3v) is 10.1. The quantitative estimate of drug-likeness (QED) is 0.171. The summed E-state index contributed by atoms with van der Waals surface area (Å²) in [7, 11) is 0. The summed E-state index contributed by atoms with van der Waals surface area (Å²) in [5.41, 5.74) is 9.26. The molecular formula is C42H28N2S. The minimum atomic E-state index is 0.845. The topological polar surface area (TPSA) is 16.8 Å². The Morgan fingerprint density at radius 2 is 1.33 bits per heavy atom. The van der Waals surface area contributed by atoms with Gasteiger partial charge in [0, 0.05) is 41.7 Å². The number of nitrogens with zero attached hydrogens (tertiary/aromatic N) is 2. The highest BCUT2D eigenvalue weighted by molar-refractivity contribution is 7.25. The molecule has 0 aliphatic carbocycles. The maximum Gasteiger partial charge on any atom is 0.0637 e. The molecule has 0 radical (unpaired) electrons. The number of aromatic nitrogens is 1. The van der Waals surface area contributed by atoms with E-state index in [0.717, 1.165) is 17.8 Å². The van der Waals surface area contributed by atoms with Gasteiger partial charge in [0.2, 0.25) is 0 Å². The van der Waals surface area contributed by atoms with Crippen LogP contribution in [0.1, 0.15) is 5.56 Å². The molecule has 0 amide bonds. The monoisotopic (exact) mass is 592 g/mol. The van der Waals surface area contributed by atoms with Gasteiger partial charge in [-0.3, -0.25) is 0 Å². The molecule has 212 valence electrons. The molecule has 45 heavy (non-hydrogen) atoms. The highest BCUT2D eigenvalue weighted by Crippen LogP contribution is 2.40. The van der Waals surface area contributed by atoms with Crippen LogP contribution in [0.2, 0.25) is 0 Å². The average Bonchev–Trinajstić information content (AvgIpc) is 3.75. The number of benzene rings is 6. The van der Waals surface area contributed by atoms with E-state index in [1.807, 2.05) is 17.4 Å². The van der Waals surface area contributed by atoms with Gasteiger partial charge in [-0.2, -0.15) is 0 Å². The molecule has 0 aliphatic rings. The maximum absolute atomic E-state index is 4.87. The molecule has 0 unspecified atom stereocenters. The van der Waals surface area contributed by atoms with Crippen LogP contribution in [0.4, 0.5) is 5.69 Å². The van der Waals surface area contributed by atoms with Gasteiger partial charge in [0.15, 0.2) is 0 Å². The summed E-state index contributed by atoms with van der Waals surface area (Å²) in [6.07, 6.45) is 6.91. The number of hydrogen-bond acceptors (Lipinski definition) is 2. The van der Waals surface area contributed by atoms with Crippen LogP contribution in [0.15, 0.2) is 157 Å². The van der Waals surface area contributed by atoms with E-state index in [9.17, 15) is 0 Å². The van der Waals surface area contributed by atoms with Gasteiger partial charge in [-0.1, -0.05) is 91.5 Å². The van der Waals surface area contributed by atoms with Crippen molar-refractivity contribution >= 4 is 81.0 Å². The van der Waals surface area contributed by atoms with Crippen LogP contribution in [-0.2, 0) is 6.42 Å².